The van der Waals surface area contributed by atoms with E-state index in [4.69, 9.17) is 5.73 Å². The fourth-order valence-electron chi connectivity index (χ4n) is 3.10. The second-order valence-electron chi connectivity index (χ2n) is 6.14. The predicted molar refractivity (Wildman–Crippen MR) is 93.2 cm³/mol. The first-order valence-electron chi connectivity index (χ1n) is 8.07. The Hall–Kier alpha value is -1.84. The summed E-state index contributed by atoms with van der Waals surface area (Å²) in [6.45, 7) is 7.39. The van der Waals surface area contributed by atoms with Crippen LogP contribution in [0.3, 0.4) is 0 Å². The second kappa shape index (κ2) is 6.95. The zero-order valence-electron chi connectivity index (χ0n) is 13.3. The van der Waals surface area contributed by atoms with Gasteiger partial charge in [0.15, 0.2) is 0 Å². The van der Waals surface area contributed by atoms with Gasteiger partial charge in [0, 0.05) is 44.5 Å². The van der Waals surface area contributed by atoms with Gasteiger partial charge in [-0.3, -0.25) is 4.90 Å². The summed E-state index contributed by atoms with van der Waals surface area (Å²) >= 11 is 0. The van der Waals surface area contributed by atoms with Crippen LogP contribution in [0.4, 0.5) is 5.69 Å². The highest BCUT2D eigenvalue weighted by atomic mass is 15.3. The van der Waals surface area contributed by atoms with E-state index in [0.29, 0.717) is 0 Å². The van der Waals surface area contributed by atoms with Crippen molar-refractivity contribution < 1.29 is 0 Å². The van der Waals surface area contributed by atoms with E-state index in [1.807, 2.05) is 6.07 Å². The molecule has 0 saturated carbocycles. The molecule has 1 fully saturated rings. The van der Waals surface area contributed by atoms with Gasteiger partial charge in [-0.15, -0.1) is 0 Å². The monoisotopic (exact) mass is 295 g/mol. The Morgan fingerprint density at radius 1 is 0.955 bits per heavy atom. The largest absolute Gasteiger partial charge is 0.369 e. The van der Waals surface area contributed by atoms with Crippen molar-refractivity contribution in [2.45, 2.75) is 13.0 Å². The molecule has 1 heterocycles. The first-order valence-corrected chi connectivity index (χ1v) is 8.07. The maximum Gasteiger partial charge on any atom is 0.0424 e. The first-order chi connectivity index (χ1) is 10.7. The molecule has 0 aromatic heterocycles. The molecule has 1 aliphatic heterocycles. The molecule has 0 aliphatic carbocycles. The highest BCUT2D eigenvalue weighted by Gasteiger charge is 2.19. The van der Waals surface area contributed by atoms with Gasteiger partial charge in [0.25, 0.3) is 0 Å². The molecule has 2 aromatic carbocycles. The number of nitrogens with zero attached hydrogens (tertiary/aromatic N) is 2. The molecule has 1 saturated heterocycles. The summed E-state index contributed by atoms with van der Waals surface area (Å²) in [5.41, 5.74) is 10.2. The molecule has 1 unspecified atom stereocenters. The number of anilines is 1. The molecule has 0 amide bonds. The lowest BCUT2D eigenvalue weighted by atomic mass is 10.1. The minimum atomic E-state index is 0.103. The number of benzene rings is 2. The Bertz CT molecular complexity index is 589. The van der Waals surface area contributed by atoms with Gasteiger partial charge in [0.1, 0.15) is 0 Å². The van der Waals surface area contributed by atoms with Crippen molar-refractivity contribution in [2.75, 3.05) is 37.6 Å². The van der Waals surface area contributed by atoms with Crippen LogP contribution in [0.25, 0.3) is 0 Å². The number of hydrogen-bond acceptors (Lipinski definition) is 3. The molecule has 0 spiro atoms. The maximum absolute atomic E-state index is 6.34. The van der Waals surface area contributed by atoms with Crippen molar-refractivity contribution in [2.24, 2.45) is 5.73 Å². The molecule has 0 radical (unpaired) electrons. The van der Waals surface area contributed by atoms with Crippen LogP contribution in [0.2, 0.25) is 0 Å². The van der Waals surface area contributed by atoms with Crippen LogP contribution in [0.5, 0.6) is 0 Å². The zero-order valence-corrected chi connectivity index (χ0v) is 13.3. The Morgan fingerprint density at radius 2 is 1.68 bits per heavy atom. The van der Waals surface area contributed by atoms with Gasteiger partial charge in [-0.1, -0.05) is 42.5 Å². The van der Waals surface area contributed by atoms with Gasteiger partial charge in [-0.2, -0.15) is 0 Å². The first kappa shape index (κ1) is 15.1. The number of aryl methyl sites for hydroxylation is 1. The Morgan fingerprint density at radius 3 is 2.36 bits per heavy atom. The van der Waals surface area contributed by atoms with E-state index < -0.39 is 0 Å². The molecule has 1 aliphatic rings. The summed E-state index contributed by atoms with van der Waals surface area (Å²) in [5.74, 6) is 0. The quantitative estimate of drug-likeness (QED) is 0.941. The minimum absolute atomic E-state index is 0.103. The summed E-state index contributed by atoms with van der Waals surface area (Å²) in [6, 6.07) is 19.3. The van der Waals surface area contributed by atoms with E-state index in [-0.39, 0.29) is 6.04 Å². The molecule has 0 bridgehead atoms. The molecular formula is C19H25N3. The summed E-state index contributed by atoms with van der Waals surface area (Å²) in [4.78, 5) is 4.95. The van der Waals surface area contributed by atoms with E-state index in [1.165, 1.54) is 16.8 Å². The lowest BCUT2D eigenvalue weighted by Gasteiger charge is -2.37. The summed E-state index contributed by atoms with van der Waals surface area (Å²) in [7, 11) is 0. The van der Waals surface area contributed by atoms with Gasteiger partial charge >= 0.3 is 0 Å². The topological polar surface area (TPSA) is 32.5 Å². The van der Waals surface area contributed by atoms with Gasteiger partial charge in [-0.05, 0) is 30.2 Å². The van der Waals surface area contributed by atoms with Gasteiger partial charge in [-0.25, -0.2) is 0 Å². The normalized spacial score (nSPS) is 17.5. The van der Waals surface area contributed by atoms with E-state index in [1.54, 1.807) is 0 Å². The number of hydrogen-bond donors (Lipinski definition) is 1. The van der Waals surface area contributed by atoms with Crippen LogP contribution in [0, 0.1) is 6.92 Å². The minimum Gasteiger partial charge on any atom is -0.369 e. The van der Waals surface area contributed by atoms with Crippen LogP contribution >= 0.6 is 0 Å². The van der Waals surface area contributed by atoms with Crippen molar-refractivity contribution >= 4 is 5.69 Å². The number of rotatable bonds is 4. The van der Waals surface area contributed by atoms with Gasteiger partial charge in [0.2, 0.25) is 0 Å². The molecule has 2 N–H and O–H groups in total. The van der Waals surface area contributed by atoms with Crippen molar-refractivity contribution in [3.05, 3.63) is 65.7 Å². The summed E-state index contributed by atoms with van der Waals surface area (Å²) < 4.78 is 0. The number of nitrogens with two attached hydrogens (primary N) is 1. The average molecular weight is 295 g/mol. The predicted octanol–water partition coefficient (Wildman–Crippen LogP) is 2.82. The van der Waals surface area contributed by atoms with E-state index in [0.717, 1.165) is 32.7 Å². The van der Waals surface area contributed by atoms with Crippen molar-refractivity contribution in [1.82, 2.24) is 4.90 Å². The van der Waals surface area contributed by atoms with E-state index in [9.17, 15) is 0 Å². The average Bonchev–Trinajstić information content (AvgIpc) is 2.56. The van der Waals surface area contributed by atoms with Crippen LogP contribution in [-0.4, -0.2) is 37.6 Å². The third-order valence-electron chi connectivity index (χ3n) is 4.42. The number of piperazine rings is 1. The Labute approximate surface area is 133 Å². The molecule has 3 nitrogen and oxygen atoms in total. The van der Waals surface area contributed by atoms with Gasteiger partial charge < -0.3 is 10.6 Å². The standard InChI is InChI=1S/C19H25N3/c1-16-6-5-9-18(14-16)22-12-10-21(11-13-22)15-19(20)17-7-3-2-4-8-17/h2-9,14,19H,10-13,15,20H2,1H3. The lowest BCUT2D eigenvalue weighted by molar-refractivity contribution is 0.243. The second-order valence-corrected chi connectivity index (χ2v) is 6.14. The molecule has 22 heavy (non-hydrogen) atoms. The molecule has 116 valence electrons. The van der Waals surface area contributed by atoms with Gasteiger partial charge in [0.05, 0.1) is 0 Å². The van der Waals surface area contributed by atoms with E-state index in [2.05, 4.69) is 65.3 Å². The molecule has 2 aromatic rings. The SMILES string of the molecule is Cc1cccc(N2CCN(CC(N)c3ccccc3)CC2)c1. The highest BCUT2D eigenvalue weighted by Crippen LogP contribution is 2.19. The van der Waals surface area contributed by atoms with Crippen LogP contribution in [0.1, 0.15) is 17.2 Å². The molecule has 3 heteroatoms. The Balaban J connectivity index is 1.54. The van der Waals surface area contributed by atoms with Crippen LogP contribution < -0.4 is 10.6 Å². The van der Waals surface area contributed by atoms with Crippen molar-refractivity contribution in [1.29, 1.82) is 0 Å². The molecule has 1 atom stereocenters. The van der Waals surface area contributed by atoms with E-state index >= 15 is 0 Å². The van der Waals surface area contributed by atoms with Crippen LogP contribution in [-0.2, 0) is 0 Å². The maximum atomic E-state index is 6.34. The highest BCUT2D eigenvalue weighted by molar-refractivity contribution is 5.48. The third-order valence-corrected chi connectivity index (χ3v) is 4.42. The molecular weight excluding hydrogens is 270 g/mol. The van der Waals surface area contributed by atoms with Crippen molar-refractivity contribution in [3.8, 4) is 0 Å². The summed E-state index contributed by atoms with van der Waals surface area (Å²) in [6.07, 6.45) is 0. The van der Waals surface area contributed by atoms with Crippen LogP contribution in [0.15, 0.2) is 54.6 Å². The lowest BCUT2D eigenvalue weighted by Crippen LogP contribution is -2.48. The fraction of sp³-hybridized carbons (Fsp3) is 0.368. The zero-order chi connectivity index (χ0) is 15.4. The smallest absolute Gasteiger partial charge is 0.0424 e. The summed E-state index contributed by atoms with van der Waals surface area (Å²) in [5, 5.41) is 0. The Kier molecular flexibility index (Phi) is 4.76. The fourth-order valence-corrected chi connectivity index (χ4v) is 3.10. The molecule has 3 rings (SSSR count). The third kappa shape index (κ3) is 3.67. The van der Waals surface area contributed by atoms with Crippen molar-refractivity contribution in [3.63, 3.8) is 0 Å².